The smallest absolute Gasteiger partial charge is 0.260 e. The largest absolute Gasteiger partial charge is 0.483 e. The monoisotopic (exact) mass is 234 g/mol. The van der Waals surface area contributed by atoms with Crippen LogP contribution < -0.4 is 10.5 Å². The van der Waals surface area contributed by atoms with Gasteiger partial charge in [-0.3, -0.25) is 4.79 Å². The molecule has 0 bridgehead atoms. The molecular weight excluding hydrogens is 216 g/mol. The van der Waals surface area contributed by atoms with E-state index in [1.807, 2.05) is 29.2 Å². The first-order chi connectivity index (χ1) is 8.31. The van der Waals surface area contributed by atoms with Gasteiger partial charge in [-0.1, -0.05) is 18.2 Å². The van der Waals surface area contributed by atoms with Crippen molar-refractivity contribution in [3.8, 4) is 5.75 Å². The summed E-state index contributed by atoms with van der Waals surface area (Å²) < 4.78 is 5.53. The van der Waals surface area contributed by atoms with Gasteiger partial charge >= 0.3 is 0 Å². The standard InChI is InChI=1S/C13H18N2O2/c14-9-11-5-1-2-6-12(11)17-10-13(16)15-7-3-4-8-15/h1-2,5-6H,3-4,7-10,14H2. The number of para-hydroxylation sites is 1. The van der Waals surface area contributed by atoms with E-state index in [0.717, 1.165) is 31.5 Å². The summed E-state index contributed by atoms with van der Waals surface area (Å²) in [5.41, 5.74) is 6.54. The summed E-state index contributed by atoms with van der Waals surface area (Å²) in [5, 5.41) is 0. The summed E-state index contributed by atoms with van der Waals surface area (Å²) in [7, 11) is 0. The van der Waals surface area contributed by atoms with E-state index >= 15 is 0 Å². The zero-order chi connectivity index (χ0) is 12.1. The molecule has 1 aromatic rings. The number of hydrogen-bond acceptors (Lipinski definition) is 3. The number of likely N-dealkylation sites (tertiary alicyclic amines) is 1. The fourth-order valence-corrected chi connectivity index (χ4v) is 2.01. The van der Waals surface area contributed by atoms with Gasteiger partial charge in [-0.2, -0.15) is 0 Å². The van der Waals surface area contributed by atoms with Crippen LogP contribution in [0.15, 0.2) is 24.3 Å². The van der Waals surface area contributed by atoms with Crippen molar-refractivity contribution < 1.29 is 9.53 Å². The van der Waals surface area contributed by atoms with Gasteiger partial charge in [0.25, 0.3) is 5.91 Å². The summed E-state index contributed by atoms with van der Waals surface area (Å²) in [6, 6.07) is 7.56. The van der Waals surface area contributed by atoms with Crippen molar-refractivity contribution in [1.82, 2.24) is 4.90 Å². The van der Waals surface area contributed by atoms with Gasteiger partial charge in [-0.05, 0) is 18.9 Å². The van der Waals surface area contributed by atoms with Crippen LogP contribution in [0, 0.1) is 0 Å². The summed E-state index contributed by atoms with van der Waals surface area (Å²) in [6.45, 7) is 2.26. The average Bonchev–Trinajstić information content (AvgIpc) is 2.90. The molecule has 17 heavy (non-hydrogen) atoms. The van der Waals surface area contributed by atoms with Crippen LogP contribution in [0.1, 0.15) is 18.4 Å². The minimum atomic E-state index is 0.0642. The molecule has 2 rings (SSSR count). The number of benzene rings is 1. The SMILES string of the molecule is NCc1ccccc1OCC(=O)N1CCCC1. The first-order valence-corrected chi connectivity index (χ1v) is 6.00. The predicted octanol–water partition coefficient (Wildman–Crippen LogP) is 1.15. The fourth-order valence-electron chi connectivity index (χ4n) is 2.01. The van der Waals surface area contributed by atoms with E-state index in [-0.39, 0.29) is 12.5 Å². The molecule has 1 aliphatic heterocycles. The van der Waals surface area contributed by atoms with Crippen LogP contribution in [0.2, 0.25) is 0 Å². The molecule has 0 aromatic heterocycles. The Balaban J connectivity index is 1.90. The molecule has 92 valence electrons. The molecule has 1 amide bonds. The quantitative estimate of drug-likeness (QED) is 0.850. The molecule has 1 heterocycles. The van der Waals surface area contributed by atoms with E-state index in [0.29, 0.717) is 12.3 Å². The van der Waals surface area contributed by atoms with Crippen molar-refractivity contribution in [1.29, 1.82) is 0 Å². The summed E-state index contributed by atoms with van der Waals surface area (Å²) in [6.07, 6.45) is 2.20. The number of rotatable bonds is 4. The van der Waals surface area contributed by atoms with Crippen LogP contribution in [-0.2, 0) is 11.3 Å². The van der Waals surface area contributed by atoms with E-state index in [1.165, 1.54) is 0 Å². The molecule has 1 saturated heterocycles. The summed E-state index contributed by atoms with van der Waals surface area (Å²) in [5.74, 6) is 0.775. The van der Waals surface area contributed by atoms with Crippen LogP contribution in [0.5, 0.6) is 5.75 Å². The predicted molar refractivity (Wildman–Crippen MR) is 65.6 cm³/mol. The maximum Gasteiger partial charge on any atom is 0.260 e. The van der Waals surface area contributed by atoms with E-state index in [4.69, 9.17) is 10.5 Å². The Labute approximate surface area is 101 Å². The lowest BCUT2D eigenvalue weighted by Gasteiger charge is -2.16. The Bertz CT molecular complexity index is 387. The first kappa shape index (κ1) is 11.9. The number of nitrogens with two attached hydrogens (primary N) is 1. The van der Waals surface area contributed by atoms with E-state index in [2.05, 4.69) is 0 Å². The minimum absolute atomic E-state index is 0.0642. The van der Waals surface area contributed by atoms with Crippen LogP contribution in [-0.4, -0.2) is 30.5 Å². The molecule has 1 aromatic carbocycles. The summed E-state index contributed by atoms with van der Waals surface area (Å²) >= 11 is 0. The Kier molecular flexibility index (Phi) is 3.98. The normalized spacial score (nSPS) is 15.0. The summed E-state index contributed by atoms with van der Waals surface area (Å²) in [4.78, 5) is 13.6. The average molecular weight is 234 g/mol. The van der Waals surface area contributed by atoms with Crippen molar-refractivity contribution in [3.05, 3.63) is 29.8 Å². The van der Waals surface area contributed by atoms with Crippen LogP contribution in [0.3, 0.4) is 0 Å². The number of hydrogen-bond donors (Lipinski definition) is 1. The highest BCUT2D eigenvalue weighted by Gasteiger charge is 2.18. The fraction of sp³-hybridized carbons (Fsp3) is 0.462. The zero-order valence-corrected chi connectivity index (χ0v) is 9.89. The zero-order valence-electron chi connectivity index (χ0n) is 9.89. The van der Waals surface area contributed by atoms with Crippen LogP contribution in [0.25, 0.3) is 0 Å². The number of carbonyl (C=O) groups is 1. The minimum Gasteiger partial charge on any atom is -0.483 e. The molecule has 0 radical (unpaired) electrons. The Morgan fingerprint density at radius 2 is 2.00 bits per heavy atom. The van der Waals surface area contributed by atoms with Crippen molar-refractivity contribution in [2.24, 2.45) is 5.73 Å². The lowest BCUT2D eigenvalue weighted by Crippen LogP contribution is -2.32. The van der Waals surface area contributed by atoms with Gasteiger partial charge < -0.3 is 15.4 Å². The molecule has 0 atom stereocenters. The second-order valence-corrected chi connectivity index (χ2v) is 4.19. The maximum absolute atomic E-state index is 11.8. The van der Waals surface area contributed by atoms with Gasteiger partial charge in [0, 0.05) is 25.2 Å². The van der Waals surface area contributed by atoms with Gasteiger partial charge in [0.05, 0.1) is 0 Å². The third-order valence-electron chi connectivity index (χ3n) is 3.00. The highest BCUT2D eigenvalue weighted by atomic mass is 16.5. The topological polar surface area (TPSA) is 55.6 Å². The number of nitrogens with zero attached hydrogens (tertiary/aromatic N) is 1. The molecule has 1 fully saturated rings. The third-order valence-corrected chi connectivity index (χ3v) is 3.00. The van der Waals surface area contributed by atoms with Crippen molar-refractivity contribution in [2.75, 3.05) is 19.7 Å². The van der Waals surface area contributed by atoms with Gasteiger partial charge in [0.2, 0.25) is 0 Å². The van der Waals surface area contributed by atoms with Crippen molar-refractivity contribution >= 4 is 5.91 Å². The third kappa shape index (κ3) is 2.97. The van der Waals surface area contributed by atoms with Gasteiger partial charge in [-0.15, -0.1) is 0 Å². The first-order valence-electron chi connectivity index (χ1n) is 6.00. The lowest BCUT2D eigenvalue weighted by atomic mass is 10.2. The molecule has 0 spiro atoms. The van der Waals surface area contributed by atoms with Gasteiger partial charge in [-0.25, -0.2) is 0 Å². The molecule has 4 heteroatoms. The second-order valence-electron chi connectivity index (χ2n) is 4.19. The van der Waals surface area contributed by atoms with Gasteiger partial charge in [0.15, 0.2) is 6.61 Å². The maximum atomic E-state index is 11.8. The Hall–Kier alpha value is -1.55. The Morgan fingerprint density at radius 1 is 1.29 bits per heavy atom. The van der Waals surface area contributed by atoms with Crippen molar-refractivity contribution in [2.45, 2.75) is 19.4 Å². The van der Waals surface area contributed by atoms with Crippen LogP contribution >= 0.6 is 0 Å². The molecule has 0 saturated carbocycles. The molecular formula is C13H18N2O2. The second kappa shape index (κ2) is 5.68. The van der Waals surface area contributed by atoms with Crippen LogP contribution in [0.4, 0.5) is 0 Å². The lowest BCUT2D eigenvalue weighted by molar-refractivity contribution is -0.132. The molecule has 0 aliphatic carbocycles. The van der Waals surface area contributed by atoms with E-state index in [9.17, 15) is 4.79 Å². The number of carbonyl (C=O) groups excluding carboxylic acids is 1. The highest BCUT2D eigenvalue weighted by Crippen LogP contribution is 2.17. The van der Waals surface area contributed by atoms with Crippen molar-refractivity contribution in [3.63, 3.8) is 0 Å². The number of ether oxygens (including phenoxy) is 1. The molecule has 4 nitrogen and oxygen atoms in total. The van der Waals surface area contributed by atoms with E-state index in [1.54, 1.807) is 0 Å². The Morgan fingerprint density at radius 3 is 2.71 bits per heavy atom. The van der Waals surface area contributed by atoms with E-state index < -0.39 is 0 Å². The number of amides is 1. The molecule has 1 aliphatic rings. The molecule has 2 N–H and O–H groups in total. The highest BCUT2D eigenvalue weighted by molar-refractivity contribution is 5.78. The molecule has 0 unspecified atom stereocenters. The van der Waals surface area contributed by atoms with Gasteiger partial charge in [0.1, 0.15) is 5.75 Å².